The quantitative estimate of drug-likeness (QED) is 0.814. The van der Waals surface area contributed by atoms with Crippen molar-refractivity contribution in [2.75, 3.05) is 40.3 Å². The van der Waals surface area contributed by atoms with E-state index < -0.39 is 10.2 Å². The van der Waals surface area contributed by atoms with E-state index in [1.54, 1.807) is 4.90 Å². The van der Waals surface area contributed by atoms with E-state index in [0.717, 1.165) is 11.1 Å². The van der Waals surface area contributed by atoms with Gasteiger partial charge in [0.1, 0.15) is 0 Å². The predicted octanol–water partition coefficient (Wildman–Crippen LogP) is 1.10. The molecule has 0 aromatic heterocycles. The summed E-state index contributed by atoms with van der Waals surface area (Å²) >= 11 is 0. The fourth-order valence-corrected chi connectivity index (χ4v) is 3.97. The molecule has 1 heterocycles. The van der Waals surface area contributed by atoms with Gasteiger partial charge >= 0.3 is 0 Å². The van der Waals surface area contributed by atoms with Crippen LogP contribution in [0.2, 0.25) is 0 Å². The minimum Gasteiger partial charge on any atom is -0.340 e. The van der Waals surface area contributed by atoms with Crippen molar-refractivity contribution in [3.05, 3.63) is 34.4 Å². The van der Waals surface area contributed by atoms with Gasteiger partial charge in [-0.1, -0.05) is 12.1 Å². The summed E-state index contributed by atoms with van der Waals surface area (Å²) in [5.41, 5.74) is 4.59. The van der Waals surface area contributed by atoms with Gasteiger partial charge in [0.25, 0.3) is 10.2 Å². The van der Waals surface area contributed by atoms with Crippen molar-refractivity contribution in [3.63, 3.8) is 0 Å². The largest absolute Gasteiger partial charge is 0.340 e. The third kappa shape index (κ3) is 3.96. The average Bonchev–Trinajstić information content (AvgIpc) is 2.52. The van der Waals surface area contributed by atoms with Crippen molar-refractivity contribution in [1.29, 1.82) is 0 Å². The fraction of sp³-hybridized carbons (Fsp3) is 0.588. The van der Waals surface area contributed by atoms with E-state index in [1.165, 1.54) is 33.8 Å². The number of hydrogen-bond donors (Lipinski definition) is 0. The van der Waals surface area contributed by atoms with Gasteiger partial charge in [0.15, 0.2) is 0 Å². The van der Waals surface area contributed by atoms with Crippen LogP contribution in [0, 0.1) is 20.8 Å². The highest BCUT2D eigenvalue weighted by Crippen LogP contribution is 2.17. The maximum Gasteiger partial charge on any atom is 0.281 e. The second-order valence-corrected chi connectivity index (χ2v) is 8.75. The van der Waals surface area contributed by atoms with E-state index in [0.29, 0.717) is 32.6 Å². The molecule has 1 aromatic carbocycles. The van der Waals surface area contributed by atoms with E-state index in [9.17, 15) is 13.2 Å². The van der Waals surface area contributed by atoms with E-state index in [-0.39, 0.29) is 5.91 Å². The molecular weight excluding hydrogens is 326 g/mol. The minimum atomic E-state index is -3.40. The number of nitrogens with zero attached hydrogens (tertiary/aromatic N) is 3. The summed E-state index contributed by atoms with van der Waals surface area (Å²) in [6, 6.07) is 4.19. The molecule has 6 nitrogen and oxygen atoms in total. The van der Waals surface area contributed by atoms with Crippen LogP contribution in [-0.2, 0) is 21.4 Å². The van der Waals surface area contributed by atoms with Crippen LogP contribution < -0.4 is 0 Å². The highest BCUT2D eigenvalue weighted by molar-refractivity contribution is 7.86. The first-order valence-electron chi connectivity index (χ1n) is 8.15. The summed E-state index contributed by atoms with van der Waals surface area (Å²) in [6.07, 6.45) is 0.368. The monoisotopic (exact) mass is 353 g/mol. The summed E-state index contributed by atoms with van der Waals surface area (Å²) in [7, 11) is -0.350. The number of aryl methyl sites for hydroxylation is 3. The molecule has 1 aliphatic rings. The molecule has 0 spiro atoms. The lowest BCUT2D eigenvalue weighted by Crippen LogP contribution is -2.53. The summed E-state index contributed by atoms with van der Waals surface area (Å²) in [5, 5.41) is 0. The van der Waals surface area contributed by atoms with Crippen molar-refractivity contribution >= 4 is 16.1 Å². The van der Waals surface area contributed by atoms with Crippen LogP contribution in [0.3, 0.4) is 0 Å². The van der Waals surface area contributed by atoms with Gasteiger partial charge in [-0.3, -0.25) is 4.79 Å². The van der Waals surface area contributed by atoms with Crippen molar-refractivity contribution < 1.29 is 13.2 Å². The second kappa shape index (κ2) is 7.21. The zero-order valence-electron chi connectivity index (χ0n) is 15.2. The zero-order valence-corrected chi connectivity index (χ0v) is 16.0. The molecule has 0 radical (unpaired) electrons. The fourth-order valence-electron chi connectivity index (χ4n) is 2.88. The molecule has 1 amide bonds. The lowest BCUT2D eigenvalue weighted by atomic mass is 9.98. The molecular formula is C17H27N3O3S. The van der Waals surface area contributed by atoms with Crippen molar-refractivity contribution in [1.82, 2.24) is 13.5 Å². The maximum atomic E-state index is 12.6. The Morgan fingerprint density at radius 3 is 2.08 bits per heavy atom. The van der Waals surface area contributed by atoms with Crippen LogP contribution in [0.4, 0.5) is 0 Å². The molecule has 0 bridgehead atoms. The summed E-state index contributed by atoms with van der Waals surface area (Å²) in [4.78, 5) is 14.3. The number of amides is 1. The zero-order chi connectivity index (χ0) is 18.1. The Morgan fingerprint density at radius 1 is 1.00 bits per heavy atom. The molecule has 1 fully saturated rings. The Bertz CT molecular complexity index is 721. The second-order valence-electron chi connectivity index (χ2n) is 6.61. The lowest BCUT2D eigenvalue weighted by molar-refractivity contribution is -0.131. The molecule has 0 saturated carbocycles. The third-order valence-electron chi connectivity index (χ3n) is 4.67. The van der Waals surface area contributed by atoms with E-state index >= 15 is 0 Å². The molecule has 1 aliphatic heterocycles. The molecule has 1 saturated heterocycles. The van der Waals surface area contributed by atoms with Crippen LogP contribution >= 0.6 is 0 Å². The van der Waals surface area contributed by atoms with Crippen molar-refractivity contribution in [3.8, 4) is 0 Å². The van der Waals surface area contributed by atoms with Crippen LogP contribution in [0.15, 0.2) is 12.1 Å². The van der Waals surface area contributed by atoms with Gasteiger partial charge in [-0.15, -0.1) is 0 Å². The number of carbonyl (C=O) groups is 1. The predicted molar refractivity (Wildman–Crippen MR) is 95.1 cm³/mol. The van der Waals surface area contributed by atoms with Crippen LogP contribution in [-0.4, -0.2) is 68.1 Å². The third-order valence-corrected chi connectivity index (χ3v) is 6.61. The van der Waals surface area contributed by atoms with Crippen molar-refractivity contribution in [2.24, 2.45) is 0 Å². The van der Waals surface area contributed by atoms with Gasteiger partial charge in [-0.05, 0) is 43.0 Å². The minimum absolute atomic E-state index is 0.0586. The van der Waals surface area contributed by atoms with Gasteiger partial charge in [0.05, 0.1) is 6.42 Å². The van der Waals surface area contributed by atoms with Crippen LogP contribution in [0.25, 0.3) is 0 Å². The number of piperazine rings is 1. The van der Waals surface area contributed by atoms with E-state index in [1.807, 2.05) is 13.8 Å². The Balaban J connectivity index is 2.00. The van der Waals surface area contributed by atoms with Gasteiger partial charge in [-0.25, -0.2) is 0 Å². The number of benzene rings is 1. The summed E-state index contributed by atoms with van der Waals surface area (Å²) in [6.45, 7) is 7.71. The van der Waals surface area contributed by atoms with Crippen molar-refractivity contribution in [2.45, 2.75) is 27.2 Å². The lowest BCUT2D eigenvalue weighted by Gasteiger charge is -2.35. The first kappa shape index (κ1) is 18.9. The van der Waals surface area contributed by atoms with Gasteiger partial charge in [0.2, 0.25) is 5.91 Å². The normalized spacial score (nSPS) is 16.7. The standard InChI is InChI=1S/C17H27N3O3S/c1-13-10-15(3)16(11-14(13)2)12-17(21)19-6-8-20(9-7-19)24(22,23)18(4)5/h10-11H,6-9,12H2,1-5H3. The Morgan fingerprint density at radius 2 is 1.54 bits per heavy atom. The molecule has 7 heteroatoms. The number of carbonyl (C=O) groups excluding carboxylic acids is 1. The van der Waals surface area contributed by atoms with Gasteiger partial charge in [-0.2, -0.15) is 17.0 Å². The molecule has 1 aromatic rings. The molecule has 0 aliphatic carbocycles. The number of rotatable bonds is 4. The number of hydrogen-bond acceptors (Lipinski definition) is 3. The molecule has 24 heavy (non-hydrogen) atoms. The SMILES string of the molecule is Cc1cc(C)c(CC(=O)N2CCN(S(=O)(=O)N(C)C)CC2)cc1C. The van der Waals surface area contributed by atoms with Gasteiger partial charge < -0.3 is 4.90 Å². The smallest absolute Gasteiger partial charge is 0.281 e. The van der Waals surface area contributed by atoms with Gasteiger partial charge in [0, 0.05) is 40.3 Å². The topological polar surface area (TPSA) is 60.9 Å². The molecule has 0 atom stereocenters. The molecule has 134 valence electrons. The Hall–Kier alpha value is -1.44. The Labute approximate surface area is 145 Å². The van der Waals surface area contributed by atoms with Crippen LogP contribution in [0.5, 0.6) is 0 Å². The van der Waals surface area contributed by atoms with Crippen LogP contribution in [0.1, 0.15) is 22.3 Å². The molecule has 0 N–H and O–H groups in total. The first-order valence-corrected chi connectivity index (χ1v) is 9.54. The average molecular weight is 353 g/mol. The first-order chi connectivity index (χ1) is 11.1. The maximum absolute atomic E-state index is 12.6. The highest BCUT2D eigenvalue weighted by Gasteiger charge is 2.30. The summed E-state index contributed by atoms with van der Waals surface area (Å²) in [5.74, 6) is 0.0586. The summed E-state index contributed by atoms with van der Waals surface area (Å²) < 4.78 is 26.9. The molecule has 2 rings (SSSR count). The Kier molecular flexibility index (Phi) is 5.67. The highest BCUT2D eigenvalue weighted by atomic mass is 32.2. The van der Waals surface area contributed by atoms with E-state index in [2.05, 4.69) is 19.1 Å². The van der Waals surface area contributed by atoms with E-state index in [4.69, 9.17) is 0 Å². The molecule has 0 unspecified atom stereocenters.